The van der Waals surface area contributed by atoms with Gasteiger partial charge in [0, 0.05) is 5.56 Å². The van der Waals surface area contributed by atoms with Crippen LogP contribution in [0.4, 0.5) is 8.78 Å². The molecule has 1 aromatic carbocycles. The highest BCUT2D eigenvalue weighted by Crippen LogP contribution is 2.47. The molecule has 1 fully saturated rings. The van der Waals surface area contributed by atoms with Crippen molar-refractivity contribution in [1.82, 2.24) is 0 Å². The summed E-state index contributed by atoms with van der Waals surface area (Å²) in [6.07, 6.45) is 1.33. The number of carboxylic acid groups (broad SMARTS) is 1. The fraction of sp³-hybridized carbons (Fsp3) is 0.417. The molecule has 98 valence electrons. The summed E-state index contributed by atoms with van der Waals surface area (Å²) in [6, 6.07) is 1.30. The highest BCUT2D eigenvalue weighted by Gasteiger charge is 2.48. The Labute approximate surface area is 111 Å². The molecule has 0 aromatic heterocycles. The Bertz CT molecular complexity index is 513. The molecule has 1 aliphatic carbocycles. The van der Waals surface area contributed by atoms with Gasteiger partial charge in [-0.15, -0.1) is 0 Å². The van der Waals surface area contributed by atoms with Gasteiger partial charge in [-0.1, -0.05) is 6.42 Å². The minimum absolute atomic E-state index is 0.119. The summed E-state index contributed by atoms with van der Waals surface area (Å²) >= 11 is 3.06. The summed E-state index contributed by atoms with van der Waals surface area (Å²) in [6.45, 7) is 0. The molecule has 1 aromatic rings. The molecule has 0 aliphatic heterocycles. The average Bonchev–Trinajstić information content (AvgIpc) is 2.23. The first-order valence-electron chi connectivity index (χ1n) is 5.39. The maximum absolute atomic E-state index is 14.0. The molecule has 2 rings (SSSR count). The number of rotatable bonds is 3. The SMILES string of the molecule is COc1c(Br)cc(C2(C(=O)O)CCC2)c(F)c1F. The molecule has 0 atom stereocenters. The average molecular weight is 321 g/mol. The van der Waals surface area contributed by atoms with Gasteiger partial charge in [-0.2, -0.15) is 4.39 Å². The number of aliphatic carboxylic acids is 1. The van der Waals surface area contributed by atoms with Crippen LogP contribution in [0.25, 0.3) is 0 Å². The second kappa shape index (κ2) is 4.50. The Morgan fingerprint density at radius 3 is 2.44 bits per heavy atom. The number of hydrogen-bond donors (Lipinski definition) is 1. The third-order valence-electron chi connectivity index (χ3n) is 3.45. The van der Waals surface area contributed by atoms with Crippen molar-refractivity contribution in [3.8, 4) is 5.75 Å². The van der Waals surface area contributed by atoms with Gasteiger partial charge < -0.3 is 9.84 Å². The van der Waals surface area contributed by atoms with Gasteiger partial charge in [0.1, 0.15) is 0 Å². The Hall–Kier alpha value is -1.17. The maximum atomic E-state index is 14.0. The van der Waals surface area contributed by atoms with E-state index in [-0.39, 0.29) is 15.8 Å². The van der Waals surface area contributed by atoms with Crippen molar-refractivity contribution in [2.24, 2.45) is 0 Å². The van der Waals surface area contributed by atoms with E-state index in [9.17, 15) is 18.7 Å². The van der Waals surface area contributed by atoms with Gasteiger partial charge in [0.05, 0.1) is 17.0 Å². The molecule has 0 amide bonds. The van der Waals surface area contributed by atoms with E-state index in [1.54, 1.807) is 0 Å². The first-order chi connectivity index (χ1) is 8.44. The van der Waals surface area contributed by atoms with E-state index in [0.29, 0.717) is 19.3 Å². The van der Waals surface area contributed by atoms with Gasteiger partial charge in [0.25, 0.3) is 0 Å². The monoisotopic (exact) mass is 320 g/mol. The molecule has 3 nitrogen and oxygen atoms in total. The summed E-state index contributed by atoms with van der Waals surface area (Å²) in [7, 11) is 1.22. The van der Waals surface area contributed by atoms with E-state index in [2.05, 4.69) is 15.9 Å². The fourth-order valence-corrected chi connectivity index (χ4v) is 2.81. The molecule has 1 aliphatic rings. The molecule has 0 spiro atoms. The van der Waals surface area contributed by atoms with Crippen molar-refractivity contribution in [3.63, 3.8) is 0 Å². The molecule has 1 N–H and O–H groups in total. The van der Waals surface area contributed by atoms with E-state index in [0.717, 1.165) is 0 Å². The quantitative estimate of drug-likeness (QED) is 0.870. The van der Waals surface area contributed by atoms with Crippen LogP contribution < -0.4 is 4.74 Å². The molecule has 0 saturated heterocycles. The summed E-state index contributed by atoms with van der Waals surface area (Å²) in [5.41, 5.74) is -1.42. The largest absolute Gasteiger partial charge is 0.492 e. The summed E-state index contributed by atoms with van der Waals surface area (Å²) in [4.78, 5) is 11.3. The van der Waals surface area contributed by atoms with Gasteiger partial charge in [-0.3, -0.25) is 4.79 Å². The molecule has 0 radical (unpaired) electrons. The van der Waals surface area contributed by atoms with Gasteiger partial charge in [-0.05, 0) is 34.8 Å². The summed E-state index contributed by atoms with van der Waals surface area (Å²) in [5, 5.41) is 9.23. The van der Waals surface area contributed by atoms with Gasteiger partial charge in [-0.25, -0.2) is 4.39 Å². The molecule has 0 heterocycles. The lowest BCUT2D eigenvalue weighted by Crippen LogP contribution is -2.43. The van der Waals surface area contributed by atoms with E-state index < -0.39 is 23.0 Å². The smallest absolute Gasteiger partial charge is 0.314 e. The summed E-state index contributed by atoms with van der Waals surface area (Å²) < 4.78 is 32.7. The number of benzene rings is 1. The lowest BCUT2D eigenvalue weighted by atomic mass is 9.64. The zero-order chi connectivity index (χ0) is 13.5. The molecular formula is C12H11BrF2O3. The second-order valence-electron chi connectivity index (χ2n) is 4.31. The first kappa shape index (κ1) is 13.3. The third kappa shape index (κ3) is 1.70. The van der Waals surface area contributed by atoms with Crippen LogP contribution in [0.5, 0.6) is 5.75 Å². The molecule has 6 heteroatoms. The first-order valence-corrected chi connectivity index (χ1v) is 6.18. The number of ether oxygens (including phenoxy) is 1. The van der Waals surface area contributed by atoms with Gasteiger partial charge in [0.2, 0.25) is 5.82 Å². The van der Waals surface area contributed by atoms with Crippen molar-refractivity contribution in [2.75, 3.05) is 7.11 Å². The minimum atomic E-state index is -1.31. The van der Waals surface area contributed by atoms with E-state index in [4.69, 9.17) is 4.74 Å². The Balaban J connectivity index is 2.62. The van der Waals surface area contributed by atoms with Crippen molar-refractivity contribution in [1.29, 1.82) is 0 Å². The number of halogens is 3. The van der Waals surface area contributed by atoms with Crippen molar-refractivity contribution in [2.45, 2.75) is 24.7 Å². The van der Waals surface area contributed by atoms with Crippen LogP contribution in [0.1, 0.15) is 24.8 Å². The van der Waals surface area contributed by atoms with Crippen LogP contribution in [-0.2, 0) is 10.2 Å². The zero-order valence-electron chi connectivity index (χ0n) is 9.60. The van der Waals surface area contributed by atoms with Crippen LogP contribution >= 0.6 is 15.9 Å². The molecule has 0 bridgehead atoms. The molecular weight excluding hydrogens is 310 g/mol. The Morgan fingerprint density at radius 2 is 2.06 bits per heavy atom. The van der Waals surface area contributed by atoms with E-state index in [1.807, 2.05) is 0 Å². The third-order valence-corrected chi connectivity index (χ3v) is 4.04. The van der Waals surface area contributed by atoms with Crippen LogP contribution in [0.2, 0.25) is 0 Å². The highest BCUT2D eigenvalue weighted by molar-refractivity contribution is 9.10. The van der Waals surface area contributed by atoms with Crippen LogP contribution in [-0.4, -0.2) is 18.2 Å². The van der Waals surface area contributed by atoms with Crippen molar-refractivity contribution < 1.29 is 23.4 Å². The van der Waals surface area contributed by atoms with Crippen LogP contribution in [0.3, 0.4) is 0 Å². The molecule has 1 saturated carbocycles. The number of carbonyl (C=O) groups is 1. The van der Waals surface area contributed by atoms with Crippen LogP contribution in [0.15, 0.2) is 10.5 Å². The van der Waals surface area contributed by atoms with E-state index in [1.165, 1.54) is 13.2 Å². The van der Waals surface area contributed by atoms with E-state index >= 15 is 0 Å². The lowest BCUT2D eigenvalue weighted by Gasteiger charge is -2.38. The predicted octanol–water partition coefficient (Wildman–Crippen LogP) is 3.24. The number of carboxylic acids is 1. The zero-order valence-corrected chi connectivity index (χ0v) is 11.2. The standard InChI is InChI=1S/C12H11BrF2O3/c1-18-10-7(13)5-6(8(14)9(10)15)12(11(16)17)3-2-4-12/h5H,2-4H2,1H3,(H,16,17). The molecule has 18 heavy (non-hydrogen) atoms. The van der Waals surface area contributed by atoms with Crippen molar-refractivity contribution in [3.05, 3.63) is 27.7 Å². The van der Waals surface area contributed by atoms with Gasteiger partial charge in [0.15, 0.2) is 11.6 Å². The Morgan fingerprint density at radius 1 is 1.44 bits per heavy atom. The second-order valence-corrected chi connectivity index (χ2v) is 5.16. The number of hydrogen-bond acceptors (Lipinski definition) is 2. The van der Waals surface area contributed by atoms with Crippen molar-refractivity contribution >= 4 is 21.9 Å². The van der Waals surface area contributed by atoms with Crippen LogP contribution in [0, 0.1) is 11.6 Å². The lowest BCUT2D eigenvalue weighted by molar-refractivity contribution is -0.147. The normalized spacial score (nSPS) is 17.1. The number of methoxy groups -OCH3 is 1. The predicted molar refractivity (Wildman–Crippen MR) is 63.8 cm³/mol. The topological polar surface area (TPSA) is 46.5 Å². The molecule has 0 unspecified atom stereocenters. The van der Waals surface area contributed by atoms with Gasteiger partial charge >= 0.3 is 5.97 Å². The maximum Gasteiger partial charge on any atom is 0.314 e. The fourth-order valence-electron chi connectivity index (χ4n) is 2.24. The highest BCUT2D eigenvalue weighted by atomic mass is 79.9. The summed E-state index contributed by atoms with van der Waals surface area (Å²) in [5.74, 6) is -3.67. The Kier molecular flexibility index (Phi) is 3.31. The minimum Gasteiger partial charge on any atom is -0.492 e.